The van der Waals surface area contributed by atoms with Crippen molar-refractivity contribution in [3.8, 4) is 0 Å². The van der Waals surface area contributed by atoms with Crippen molar-refractivity contribution in [1.82, 2.24) is 5.32 Å². The Balaban J connectivity index is 3.50. The van der Waals surface area contributed by atoms with Crippen LogP contribution in [0.4, 0.5) is 0 Å². The Morgan fingerprint density at radius 2 is 2.40 bits per heavy atom. The van der Waals surface area contributed by atoms with Crippen molar-refractivity contribution in [1.29, 1.82) is 0 Å². The Bertz CT molecular complexity index is 161. The number of hydrogen-bond donors (Lipinski definition) is 2. The number of carbonyl (C=O) groups is 1. The largest absolute Gasteiger partial charge is 0.516 e. The highest BCUT2D eigenvalue weighted by Crippen LogP contribution is 1.83. The van der Waals surface area contributed by atoms with E-state index in [2.05, 4.69) is 11.9 Å². The van der Waals surface area contributed by atoms with Crippen molar-refractivity contribution in [3.63, 3.8) is 0 Å². The molecule has 0 aromatic rings. The number of carbonyl (C=O) groups excluding carboxylic acids is 1. The summed E-state index contributed by atoms with van der Waals surface area (Å²) in [5.41, 5.74) is 0.464. The molecular weight excluding hydrogens is 130 g/mol. The van der Waals surface area contributed by atoms with Crippen LogP contribution >= 0.6 is 0 Å². The predicted molar refractivity (Wildman–Crippen MR) is 39.6 cm³/mol. The van der Waals surface area contributed by atoms with E-state index in [1.807, 2.05) is 0 Å². The van der Waals surface area contributed by atoms with Crippen LogP contribution < -0.4 is 5.32 Å². The maximum Gasteiger partial charge on any atom is 0.246 e. The summed E-state index contributed by atoms with van der Waals surface area (Å²) in [5.74, 6) is -0.196. The van der Waals surface area contributed by atoms with Crippen LogP contribution in [-0.2, 0) is 4.79 Å². The molecule has 0 spiro atoms. The van der Waals surface area contributed by atoms with Crippen molar-refractivity contribution >= 4 is 5.91 Å². The standard InChI is InChI=1S/C7H11NO2/c1-6(2)7(10)8-4-3-5-9/h3,5,9H,1,4H2,2H3,(H,8,10). The van der Waals surface area contributed by atoms with E-state index in [0.717, 1.165) is 6.26 Å². The molecule has 0 heterocycles. The number of aliphatic hydroxyl groups is 1. The lowest BCUT2D eigenvalue weighted by Gasteiger charge is -1.98. The SMILES string of the molecule is C=C(C)C(=O)NCC=CO. The van der Waals surface area contributed by atoms with Gasteiger partial charge in [-0.25, -0.2) is 0 Å². The van der Waals surface area contributed by atoms with Crippen LogP contribution in [0.15, 0.2) is 24.5 Å². The molecule has 0 aliphatic carbocycles. The lowest BCUT2D eigenvalue weighted by atomic mass is 10.3. The summed E-state index contributed by atoms with van der Waals surface area (Å²) in [6.07, 6.45) is 2.32. The molecule has 0 saturated heterocycles. The third-order valence-corrected chi connectivity index (χ3v) is 0.873. The molecule has 0 rings (SSSR count). The van der Waals surface area contributed by atoms with Gasteiger partial charge in [0.2, 0.25) is 5.91 Å². The molecule has 2 N–H and O–H groups in total. The van der Waals surface area contributed by atoms with Gasteiger partial charge < -0.3 is 10.4 Å². The Hall–Kier alpha value is -1.25. The first kappa shape index (κ1) is 8.75. The molecule has 56 valence electrons. The first-order valence-corrected chi connectivity index (χ1v) is 2.91. The Morgan fingerprint density at radius 1 is 1.80 bits per heavy atom. The van der Waals surface area contributed by atoms with Crippen LogP contribution in [0.2, 0.25) is 0 Å². The van der Waals surface area contributed by atoms with E-state index in [0.29, 0.717) is 12.1 Å². The van der Waals surface area contributed by atoms with Crippen molar-refractivity contribution < 1.29 is 9.90 Å². The van der Waals surface area contributed by atoms with Gasteiger partial charge in [0.25, 0.3) is 0 Å². The van der Waals surface area contributed by atoms with Gasteiger partial charge in [-0.05, 0) is 13.0 Å². The summed E-state index contributed by atoms with van der Waals surface area (Å²) in [5, 5.41) is 10.7. The molecule has 0 bridgehead atoms. The molecule has 0 saturated carbocycles. The number of hydrogen-bond acceptors (Lipinski definition) is 2. The van der Waals surface area contributed by atoms with Crippen molar-refractivity contribution in [2.24, 2.45) is 0 Å². The molecule has 0 unspecified atom stereocenters. The smallest absolute Gasteiger partial charge is 0.246 e. The molecule has 0 aromatic carbocycles. The van der Waals surface area contributed by atoms with E-state index in [1.54, 1.807) is 6.92 Å². The van der Waals surface area contributed by atoms with Gasteiger partial charge in [0.05, 0.1) is 6.26 Å². The summed E-state index contributed by atoms with van der Waals surface area (Å²) in [6, 6.07) is 0. The van der Waals surface area contributed by atoms with E-state index >= 15 is 0 Å². The van der Waals surface area contributed by atoms with E-state index in [1.165, 1.54) is 6.08 Å². The molecule has 0 atom stereocenters. The molecule has 3 nitrogen and oxygen atoms in total. The van der Waals surface area contributed by atoms with Crippen molar-refractivity contribution in [2.75, 3.05) is 6.54 Å². The molecule has 0 aliphatic rings. The minimum Gasteiger partial charge on any atom is -0.516 e. The van der Waals surface area contributed by atoms with Gasteiger partial charge >= 0.3 is 0 Å². The average Bonchev–Trinajstić information content (AvgIpc) is 1.88. The zero-order chi connectivity index (χ0) is 7.98. The number of nitrogens with one attached hydrogen (secondary N) is 1. The summed E-state index contributed by atoms with van der Waals surface area (Å²) in [7, 11) is 0. The molecule has 1 amide bonds. The van der Waals surface area contributed by atoms with Gasteiger partial charge in [0, 0.05) is 12.1 Å². The molecule has 10 heavy (non-hydrogen) atoms. The summed E-state index contributed by atoms with van der Waals surface area (Å²) in [4.78, 5) is 10.7. The van der Waals surface area contributed by atoms with Crippen molar-refractivity contribution in [2.45, 2.75) is 6.92 Å². The molecule has 0 aliphatic heterocycles. The van der Waals surface area contributed by atoms with Crippen LogP contribution in [0.3, 0.4) is 0 Å². The highest BCUT2D eigenvalue weighted by atomic mass is 16.2. The Kier molecular flexibility index (Phi) is 4.04. The van der Waals surface area contributed by atoms with Gasteiger partial charge in [0.1, 0.15) is 0 Å². The Morgan fingerprint density at radius 3 is 2.80 bits per heavy atom. The van der Waals surface area contributed by atoms with E-state index in [9.17, 15) is 4.79 Å². The normalized spacial score (nSPS) is 9.70. The minimum atomic E-state index is -0.196. The Labute approximate surface area is 60.1 Å². The van der Waals surface area contributed by atoms with Gasteiger partial charge in [-0.3, -0.25) is 4.79 Å². The van der Waals surface area contributed by atoms with Crippen LogP contribution in [0.25, 0.3) is 0 Å². The highest BCUT2D eigenvalue weighted by molar-refractivity contribution is 5.92. The molecule has 3 heteroatoms. The predicted octanol–water partition coefficient (Wildman–Crippen LogP) is 0.750. The highest BCUT2D eigenvalue weighted by Gasteiger charge is 1.96. The van der Waals surface area contributed by atoms with E-state index < -0.39 is 0 Å². The summed E-state index contributed by atoms with van der Waals surface area (Å²) >= 11 is 0. The first-order chi connectivity index (χ1) is 4.68. The van der Waals surface area contributed by atoms with Crippen LogP contribution in [-0.4, -0.2) is 17.6 Å². The third kappa shape index (κ3) is 3.72. The van der Waals surface area contributed by atoms with Gasteiger partial charge in [-0.15, -0.1) is 0 Å². The van der Waals surface area contributed by atoms with Crippen molar-refractivity contribution in [3.05, 3.63) is 24.5 Å². The third-order valence-electron chi connectivity index (χ3n) is 0.873. The zero-order valence-corrected chi connectivity index (χ0v) is 5.92. The summed E-state index contributed by atoms with van der Waals surface area (Å²) in [6.45, 7) is 5.39. The van der Waals surface area contributed by atoms with Gasteiger partial charge in [-0.1, -0.05) is 6.58 Å². The number of amides is 1. The zero-order valence-electron chi connectivity index (χ0n) is 5.92. The molecular formula is C7H11NO2. The van der Waals surface area contributed by atoms with E-state index in [-0.39, 0.29) is 5.91 Å². The maximum absolute atomic E-state index is 10.7. The second kappa shape index (κ2) is 4.61. The fourth-order valence-electron chi connectivity index (χ4n) is 0.355. The summed E-state index contributed by atoms with van der Waals surface area (Å²) < 4.78 is 0. The number of aliphatic hydroxyl groups excluding tert-OH is 1. The van der Waals surface area contributed by atoms with Crippen LogP contribution in [0.1, 0.15) is 6.92 Å². The lowest BCUT2D eigenvalue weighted by Crippen LogP contribution is -2.23. The number of rotatable bonds is 3. The molecule has 0 aromatic heterocycles. The lowest BCUT2D eigenvalue weighted by molar-refractivity contribution is -0.117. The second-order valence-corrected chi connectivity index (χ2v) is 1.88. The molecule has 0 radical (unpaired) electrons. The van der Waals surface area contributed by atoms with Gasteiger partial charge in [0.15, 0.2) is 0 Å². The van der Waals surface area contributed by atoms with Gasteiger partial charge in [-0.2, -0.15) is 0 Å². The quantitative estimate of drug-likeness (QED) is 0.450. The fraction of sp³-hybridized carbons (Fsp3) is 0.286. The van der Waals surface area contributed by atoms with Crippen LogP contribution in [0.5, 0.6) is 0 Å². The first-order valence-electron chi connectivity index (χ1n) is 2.91. The molecule has 0 fully saturated rings. The maximum atomic E-state index is 10.7. The topological polar surface area (TPSA) is 49.3 Å². The van der Waals surface area contributed by atoms with Crippen LogP contribution in [0, 0.1) is 0 Å². The fourth-order valence-corrected chi connectivity index (χ4v) is 0.355. The monoisotopic (exact) mass is 141 g/mol. The average molecular weight is 141 g/mol. The van der Waals surface area contributed by atoms with E-state index in [4.69, 9.17) is 5.11 Å². The second-order valence-electron chi connectivity index (χ2n) is 1.88. The minimum absolute atomic E-state index is 0.196.